The van der Waals surface area contributed by atoms with E-state index in [0.717, 1.165) is 12.0 Å². The van der Waals surface area contributed by atoms with Crippen molar-refractivity contribution in [3.63, 3.8) is 0 Å². The summed E-state index contributed by atoms with van der Waals surface area (Å²) >= 11 is 0. The van der Waals surface area contributed by atoms with Gasteiger partial charge in [-0.2, -0.15) is 0 Å². The zero-order valence-corrected chi connectivity index (χ0v) is 14.0. The number of rotatable bonds is 7. The van der Waals surface area contributed by atoms with Crippen molar-refractivity contribution in [3.8, 4) is 11.5 Å². The molecule has 0 amide bonds. The van der Waals surface area contributed by atoms with E-state index in [0.29, 0.717) is 29.7 Å². The number of hydrogen-bond donors (Lipinski definition) is 1. The Morgan fingerprint density at radius 1 is 1.21 bits per heavy atom. The zero-order valence-electron chi connectivity index (χ0n) is 14.0. The normalized spacial score (nSPS) is 10.2. The van der Waals surface area contributed by atoms with Crippen LogP contribution >= 0.6 is 0 Å². The maximum atomic E-state index is 12.2. The molecule has 2 aromatic carbocycles. The quantitative estimate of drug-likeness (QED) is 0.622. The molecule has 0 aliphatic rings. The first-order valence-electron chi connectivity index (χ1n) is 7.77. The largest absolute Gasteiger partial charge is 0.507 e. The molecule has 0 aliphatic heterocycles. The second-order valence-electron chi connectivity index (χ2n) is 5.41. The summed E-state index contributed by atoms with van der Waals surface area (Å²) in [6, 6.07) is 11.8. The maximum Gasteiger partial charge on any atom is 0.341 e. The number of ether oxygens (including phenoxy) is 2. The molecular formula is C20H22O4. The first kappa shape index (κ1) is 17.6. The molecule has 1 N–H and O–H groups in total. The molecule has 0 spiro atoms. The summed E-state index contributed by atoms with van der Waals surface area (Å²) in [5.74, 6) is -0.101. The molecular weight excluding hydrogens is 304 g/mol. The minimum absolute atomic E-state index is 0.0934. The van der Waals surface area contributed by atoms with Crippen LogP contribution in [0.25, 0.3) is 0 Å². The van der Waals surface area contributed by atoms with Gasteiger partial charge in [0.15, 0.2) is 0 Å². The van der Waals surface area contributed by atoms with Gasteiger partial charge in [0.1, 0.15) is 17.1 Å². The molecule has 0 saturated heterocycles. The van der Waals surface area contributed by atoms with Crippen molar-refractivity contribution in [2.45, 2.75) is 19.3 Å². The van der Waals surface area contributed by atoms with Crippen molar-refractivity contribution in [3.05, 3.63) is 71.3 Å². The van der Waals surface area contributed by atoms with Crippen LogP contribution in [0.15, 0.2) is 49.1 Å². The Hall–Kier alpha value is -2.75. The summed E-state index contributed by atoms with van der Waals surface area (Å²) in [6.07, 6.45) is 3.39. The van der Waals surface area contributed by atoms with E-state index in [4.69, 9.17) is 9.47 Å². The number of phenols is 1. The zero-order chi connectivity index (χ0) is 17.5. The number of benzene rings is 2. The van der Waals surface area contributed by atoms with Crippen molar-refractivity contribution in [2.24, 2.45) is 0 Å². The molecule has 24 heavy (non-hydrogen) atoms. The maximum absolute atomic E-state index is 12.2. The van der Waals surface area contributed by atoms with Gasteiger partial charge >= 0.3 is 5.97 Å². The SMILES string of the molecule is C=CCc1c(OC)cc(CCc2ccccc2)c(C(=O)OC)c1O. The number of carbonyl (C=O) groups is 1. The van der Waals surface area contributed by atoms with E-state index in [1.54, 1.807) is 19.3 Å². The lowest BCUT2D eigenvalue weighted by atomic mass is 9.94. The molecule has 0 radical (unpaired) electrons. The standard InChI is InChI=1S/C20H22O4/c1-4-8-16-17(23-2)13-15(18(19(16)21)20(22)24-3)12-11-14-9-6-5-7-10-14/h4-7,9-10,13,21H,1,8,11-12H2,2-3H3. The second kappa shape index (κ2) is 8.20. The molecule has 2 aromatic rings. The van der Waals surface area contributed by atoms with Crippen molar-refractivity contribution < 1.29 is 19.4 Å². The van der Waals surface area contributed by atoms with E-state index < -0.39 is 5.97 Å². The lowest BCUT2D eigenvalue weighted by molar-refractivity contribution is 0.0596. The molecule has 0 heterocycles. The topological polar surface area (TPSA) is 55.8 Å². The van der Waals surface area contributed by atoms with Crippen molar-refractivity contribution in [1.82, 2.24) is 0 Å². The first-order valence-corrected chi connectivity index (χ1v) is 7.77. The Kier molecular flexibility index (Phi) is 6.01. The van der Waals surface area contributed by atoms with Gasteiger partial charge in [-0.15, -0.1) is 6.58 Å². The van der Waals surface area contributed by atoms with Crippen molar-refractivity contribution in [2.75, 3.05) is 14.2 Å². The van der Waals surface area contributed by atoms with Gasteiger partial charge in [-0.25, -0.2) is 4.79 Å². The van der Waals surface area contributed by atoms with Gasteiger partial charge < -0.3 is 14.6 Å². The van der Waals surface area contributed by atoms with Crippen molar-refractivity contribution >= 4 is 5.97 Å². The van der Waals surface area contributed by atoms with Gasteiger partial charge in [0.25, 0.3) is 0 Å². The molecule has 0 unspecified atom stereocenters. The fourth-order valence-electron chi connectivity index (χ4n) is 2.71. The number of carbonyl (C=O) groups excluding carboxylic acids is 1. The van der Waals surface area contributed by atoms with Gasteiger partial charge in [0, 0.05) is 5.56 Å². The Labute approximate surface area is 142 Å². The van der Waals surface area contributed by atoms with E-state index in [1.807, 2.05) is 30.3 Å². The van der Waals surface area contributed by atoms with Gasteiger partial charge in [-0.3, -0.25) is 0 Å². The van der Waals surface area contributed by atoms with Crippen LogP contribution in [-0.2, 0) is 24.0 Å². The highest BCUT2D eigenvalue weighted by molar-refractivity contribution is 5.95. The predicted octanol–water partition coefficient (Wildman–Crippen LogP) is 3.70. The molecule has 0 bridgehead atoms. The number of phenolic OH excluding ortho intramolecular Hbond substituents is 1. The van der Waals surface area contributed by atoms with E-state index in [9.17, 15) is 9.90 Å². The Balaban J connectivity index is 2.45. The van der Waals surface area contributed by atoms with Crippen molar-refractivity contribution in [1.29, 1.82) is 0 Å². The minimum Gasteiger partial charge on any atom is -0.507 e. The molecule has 0 fully saturated rings. The van der Waals surface area contributed by atoms with Crippen LogP contribution in [0.4, 0.5) is 0 Å². The smallest absolute Gasteiger partial charge is 0.341 e. The summed E-state index contributed by atoms with van der Waals surface area (Å²) in [5, 5.41) is 10.6. The average Bonchev–Trinajstić information content (AvgIpc) is 2.62. The van der Waals surface area contributed by atoms with Crippen LogP contribution in [0.3, 0.4) is 0 Å². The van der Waals surface area contributed by atoms with Crippen LogP contribution in [0.2, 0.25) is 0 Å². The minimum atomic E-state index is -0.552. The highest BCUT2D eigenvalue weighted by atomic mass is 16.5. The molecule has 0 aromatic heterocycles. The van der Waals surface area contributed by atoms with E-state index >= 15 is 0 Å². The molecule has 4 nitrogen and oxygen atoms in total. The Morgan fingerprint density at radius 2 is 1.92 bits per heavy atom. The van der Waals surface area contributed by atoms with Crippen LogP contribution in [0.1, 0.15) is 27.0 Å². The molecule has 0 atom stereocenters. The summed E-state index contributed by atoms with van der Waals surface area (Å²) in [6.45, 7) is 3.68. The highest BCUT2D eigenvalue weighted by Crippen LogP contribution is 2.36. The monoisotopic (exact) mass is 326 g/mol. The molecule has 0 aliphatic carbocycles. The number of aromatic hydroxyl groups is 1. The lowest BCUT2D eigenvalue weighted by Gasteiger charge is -2.16. The number of aryl methyl sites for hydroxylation is 2. The lowest BCUT2D eigenvalue weighted by Crippen LogP contribution is -2.10. The third-order valence-corrected chi connectivity index (χ3v) is 3.93. The Morgan fingerprint density at radius 3 is 2.50 bits per heavy atom. The molecule has 2 rings (SSSR count). The molecule has 126 valence electrons. The number of methoxy groups -OCH3 is 2. The Bertz CT molecular complexity index is 720. The van der Waals surface area contributed by atoms with Crippen LogP contribution < -0.4 is 4.74 Å². The second-order valence-corrected chi connectivity index (χ2v) is 5.41. The third-order valence-electron chi connectivity index (χ3n) is 3.93. The van der Waals surface area contributed by atoms with E-state index in [1.165, 1.54) is 7.11 Å². The highest BCUT2D eigenvalue weighted by Gasteiger charge is 2.23. The summed E-state index contributed by atoms with van der Waals surface area (Å²) in [7, 11) is 2.85. The predicted molar refractivity (Wildman–Crippen MR) is 93.7 cm³/mol. The van der Waals surface area contributed by atoms with Crippen LogP contribution in [-0.4, -0.2) is 25.3 Å². The third kappa shape index (κ3) is 3.77. The fraction of sp³-hybridized carbons (Fsp3) is 0.250. The van der Waals surface area contributed by atoms with Gasteiger partial charge in [0.05, 0.1) is 14.2 Å². The summed E-state index contributed by atoms with van der Waals surface area (Å²) in [4.78, 5) is 12.2. The average molecular weight is 326 g/mol. The van der Waals surface area contributed by atoms with Gasteiger partial charge in [-0.1, -0.05) is 36.4 Å². The fourth-order valence-corrected chi connectivity index (χ4v) is 2.71. The number of hydrogen-bond acceptors (Lipinski definition) is 4. The van der Waals surface area contributed by atoms with E-state index in [2.05, 4.69) is 6.58 Å². The summed E-state index contributed by atoms with van der Waals surface area (Å²) < 4.78 is 10.2. The van der Waals surface area contributed by atoms with Crippen LogP contribution in [0.5, 0.6) is 11.5 Å². The number of allylic oxidation sites excluding steroid dienone is 1. The first-order chi connectivity index (χ1) is 11.6. The molecule has 0 saturated carbocycles. The van der Waals surface area contributed by atoms with Gasteiger partial charge in [-0.05, 0) is 36.5 Å². The van der Waals surface area contributed by atoms with Crippen LogP contribution in [0, 0.1) is 0 Å². The summed E-state index contributed by atoms with van der Waals surface area (Å²) in [5.41, 5.74) is 2.59. The van der Waals surface area contributed by atoms with Gasteiger partial charge in [0.2, 0.25) is 0 Å². The van der Waals surface area contributed by atoms with E-state index in [-0.39, 0.29) is 11.3 Å². The number of esters is 1. The molecule has 4 heteroatoms.